The van der Waals surface area contributed by atoms with Crippen molar-refractivity contribution in [1.82, 2.24) is 4.90 Å². The lowest BCUT2D eigenvalue weighted by Gasteiger charge is -2.36. The van der Waals surface area contributed by atoms with Gasteiger partial charge in [-0.1, -0.05) is 30.3 Å². The Hall–Kier alpha value is -2.53. The molecule has 0 aromatic heterocycles. The first kappa shape index (κ1) is 15.4. The Morgan fingerprint density at radius 3 is 2.35 bits per heavy atom. The van der Waals surface area contributed by atoms with E-state index in [9.17, 15) is 4.79 Å². The Labute approximate surface area is 135 Å². The molecule has 2 aromatic carbocycles. The predicted octanol–water partition coefficient (Wildman–Crippen LogP) is 2.29. The van der Waals surface area contributed by atoms with Gasteiger partial charge in [-0.05, 0) is 23.8 Å². The molecule has 120 valence electrons. The predicted molar refractivity (Wildman–Crippen MR) is 91.7 cm³/mol. The third-order valence-corrected chi connectivity index (χ3v) is 4.24. The average molecular weight is 311 g/mol. The minimum Gasteiger partial charge on any atom is -0.478 e. The van der Waals surface area contributed by atoms with Crippen LogP contribution >= 0.6 is 0 Å². The van der Waals surface area contributed by atoms with Gasteiger partial charge in [-0.15, -0.1) is 0 Å². The maximum absolute atomic E-state index is 11.0. The maximum atomic E-state index is 11.0. The molecule has 5 nitrogen and oxygen atoms in total. The molecule has 0 unspecified atom stereocenters. The summed E-state index contributed by atoms with van der Waals surface area (Å²) in [4.78, 5) is 15.6. The van der Waals surface area contributed by atoms with Crippen LogP contribution in [0.4, 0.5) is 11.4 Å². The highest BCUT2D eigenvalue weighted by Gasteiger charge is 2.19. The minimum absolute atomic E-state index is 0.231. The second-order valence-electron chi connectivity index (χ2n) is 5.83. The van der Waals surface area contributed by atoms with E-state index in [2.05, 4.69) is 34.1 Å². The van der Waals surface area contributed by atoms with Crippen molar-refractivity contribution in [3.63, 3.8) is 0 Å². The van der Waals surface area contributed by atoms with Gasteiger partial charge < -0.3 is 15.7 Å². The summed E-state index contributed by atoms with van der Waals surface area (Å²) in [5.41, 5.74) is 9.04. The lowest BCUT2D eigenvalue weighted by Crippen LogP contribution is -2.46. The topological polar surface area (TPSA) is 69.8 Å². The Morgan fingerprint density at radius 1 is 1.04 bits per heavy atom. The molecule has 1 saturated heterocycles. The Morgan fingerprint density at radius 2 is 1.74 bits per heavy atom. The van der Waals surface area contributed by atoms with Crippen molar-refractivity contribution >= 4 is 17.3 Å². The molecular formula is C18H21N3O2. The summed E-state index contributed by atoms with van der Waals surface area (Å²) in [6, 6.07) is 15.4. The number of hydrogen-bond acceptors (Lipinski definition) is 4. The Kier molecular flexibility index (Phi) is 4.48. The van der Waals surface area contributed by atoms with Crippen LogP contribution in [0.2, 0.25) is 0 Å². The average Bonchev–Trinajstić information content (AvgIpc) is 2.56. The van der Waals surface area contributed by atoms with Gasteiger partial charge in [0.1, 0.15) is 0 Å². The van der Waals surface area contributed by atoms with Gasteiger partial charge in [0.05, 0.1) is 16.9 Å². The van der Waals surface area contributed by atoms with E-state index in [0.717, 1.165) is 38.4 Å². The van der Waals surface area contributed by atoms with Crippen LogP contribution in [-0.2, 0) is 6.54 Å². The summed E-state index contributed by atoms with van der Waals surface area (Å²) in [7, 11) is 0. The highest BCUT2D eigenvalue weighted by atomic mass is 16.4. The van der Waals surface area contributed by atoms with Crippen molar-refractivity contribution in [2.45, 2.75) is 6.54 Å². The van der Waals surface area contributed by atoms with Crippen LogP contribution in [0.5, 0.6) is 0 Å². The summed E-state index contributed by atoms with van der Waals surface area (Å²) < 4.78 is 0. The summed E-state index contributed by atoms with van der Waals surface area (Å²) in [5.74, 6) is -0.948. The number of piperazine rings is 1. The van der Waals surface area contributed by atoms with Crippen molar-refractivity contribution in [2.75, 3.05) is 36.8 Å². The maximum Gasteiger partial charge on any atom is 0.335 e. The number of hydrogen-bond donors (Lipinski definition) is 2. The number of rotatable bonds is 4. The Bertz CT molecular complexity index is 680. The number of carboxylic acid groups (broad SMARTS) is 1. The van der Waals surface area contributed by atoms with Gasteiger partial charge in [-0.2, -0.15) is 0 Å². The normalized spacial score (nSPS) is 15.6. The Balaban J connectivity index is 1.62. The van der Waals surface area contributed by atoms with Crippen LogP contribution < -0.4 is 10.6 Å². The number of carboxylic acids is 1. The van der Waals surface area contributed by atoms with Crippen LogP contribution in [0, 0.1) is 0 Å². The van der Waals surface area contributed by atoms with Crippen LogP contribution in [0.3, 0.4) is 0 Å². The minimum atomic E-state index is -0.948. The van der Waals surface area contributed by atoms with Gasteiger partial charge in [0.25, 0.3) is 0 Å². The van der Waals surface area contributed by atoms with Gasteiger partial charge in [0.2, 0.25) is 0 Å². The van der Waals surface area contributed by atoms with Crippen molar-refractivity contribution < 1.29 is 9.90 Å². The first-order valence-electron chi connectivity index (χ1n) is 7.77. The smallest absolute Gasteiger partial charge is 0.335 e. The molecule has 5 heteroatoms. The molecule has 0 amide bonds. The standard InChI is InChI=1S/C18H21N3O2/c19-16-12-15(18(22)23)6-7-17(16)21-10-8-20(9-11-21)13-14-4-2-1-3-5-14/h1-7,12H,8-11,13,19H2,(H,22,23). The lowest BCUT2D eigenvalue weighted by atomic mass is 10.1. The SMILES string of the molecule is Nc1cc(C(=O)O)ccc1N1CCN(Cc2ccccc2)CC1. The third kappa shape index (κ3) is 3.63. The van der Waals surface area contributed by atoms with Gasteiger partial charge in [0, 0.05) is 32.7 Å². The van der Waals surface area contributed by atoms with E-state index in [0.29, 0.717) is 5.69 Å². The number of anilines is 2. The number of aromatic carboxylic acids is 1. The summed E-state index contributed by atoms with van der Waals surface area (Å²) >= 11 is 0. The zero-order valence-electron chi connectivity index (χ0n) is 13.0. The number of nitrogens with two attached hydrogens (primary N) is 1. The molecule has 0 aliphatic carbocycles. The van der Waals surface area contributed by atoms with E-state index in [-0.39, 0.29) is 5.56 Å². The number of carbonyl (C=O) groups is 1. The molecule has 3 N–H and O–H groups in total. The second kappa shape index (κ2) is 6.71. The quantitative estimate of drug-likeness (QED) is 0.848. The fourth-order valence-electron chi connectivity index (χ4n) is 2.96. The zero-order valence-corrected chi connectivity index (χ0v) is 13.0. The molecule has 1 heterocycles. The summed E-state index contributed by atoms with van der Waals surface area (Å²) in [5, 5.41) is 9.01. The fourth-order valence-corrected chi connectivity index (χ4v) is 2.96. The highest BCUT2D eigenvalue weighted by Crippen LogP contribution is 2.25. The van der Waals surface area contributed by atoms with E-state index >= 15 is 0 Å². The number of nitrogen functional groups attached to an aromatic ring is 1. The summed E-state index contributed by atoms with van der Waals surface area (Å²) in [6.45, 7) is 4.68. The second-order valence-corrected chi connectivity index (χ2v) is 5.83. The molecule has 0 bridgehead atoms. The molecule has 2 aromatic rings. The van der Waals surface area contributed by atoms with E-state index in [1.54, 1.807) is 6.07 Å². The van der Waals surface area contributed by atoms with Crippen LogP contribution in [-0.4, -0.2) is 42.2 Å². The van der Waals surface area contributed by atoms with Gasteiger partial charge in [0.15, 0.2) is 0 Å². The van der Waals surface area contributed by atoms with Crippen molar-refractivity contribution in [1.29, 1.82) is 0 Å². The van der Waals surface area contributed by atoms with Gasteiger partial charge >= 0.3 is 5.97 Å². The van der Waals surface area contributed by atoms with Crippen LogP contribution in [0.15, 0.2) is 48.5 Å². The molecule has 0 radical (unpaired) electrons. The van der Waals surface area contributed by atoms with Gasteiger partial charge in [-0.3, -0.25) is 4.90 Å². The van der Waals surface area contributed by atoms with E-state index in [1.165, 1.54) is 11.6 Å². The molecule has 0 spiro atoms. The van der Waals surface area contributed by atoms with E-state index in [1.807, 2.05) is 12.1 Å². The zero-order chi connectivity index (χ0) is 16.2. The molecule has 1 fully saturated rings. The highest BCUT2D eigenvalue weighted by molar-refractivity contribution is 5.90. The van der Waals surface area contributed by atoms with Crippen molar-refractivity contribution in [3.05, 3.63) is 59.7 Å². The van der Waals surface area contributed by atoms with Crippen LogP contribution in [0.25, 0.3) is 0 Å². The monoisotopic (exact) mass is 311 g/mol. The molecular weight excluding hydrogens is 290 g/mol. The molecule has 3 rings (SSSR count). The lowest BCUT2D eigenvalue weighted by molar-refractivity contribution is 0.0697. The van der Waals surface area contributed by atoms with E-state index in [4.69, 9.17) is 10.8 Å². The van der Waals surface area contributed by atoms with E-state index < -0.39 is 5.97 Å². The number of nitrogens with zero attached hydrogens (tertiary/aromatic N) is 2. The summed E-state index contributed by atoms with van der Waals surface area (Å²) in [6.07, 6.45) is 0. The van der Waals surface area contributed by atoms with Crippen molar-refractivity contribution in [3.8, 4) is 0 Å². The fraction of sp³-hybridized carbons (Fsp3) is 0.278. The first-order valence-corrected chi connectivity index (χ1v) is 7.77. The molecule has 0 atom stereocenters. The largest absolute Gasteiger partial charge is 0.478 e. The van der Waals surface area contributed by atoms with Crippen molar-refractivity contribution in [2.24, 2.45) is 0 Å². The third-order valence-electron chi connectivity index (χ3n) is 4.24. The molecule has 23 heavy (non-hydrogen) atoms. The number of benzene rings is 2. The molecule has 1 aliphatic rings. The van der Waals surface area contributed by atoms with Crippen LogP contribution in [0.1, 0.15) is 15.9 Å². The first-order chi connectivity index (χ1) is 11.1. The molecule has 1 aliphatic heterocycles. The van der Waals surface area contributed by atoms with Gasteiger partial charge in [-0.25, -0.2) is 4.79 Å². The molecule has 0 saturated carbocycles.